The number of hydrogen-bond acceptors (Lipinski definition) is 3. The molecule has 0 aliphatic heterocycles. The van der Waals surface area contributed by atoms with E-state index in [4.69, 9.17) is 10.8 Å². The summed E-state index contributed by atoms with van der Waals surface area (Å²) in [6.45, 7) is 3.92. The molecule has 0 amide bonds. The molecule has 0 bridgehead atoms. The van der Waals surface area contributed by atoms with Crippen molar-refractivity contribution < 1.29 is 9.90 Å². The Morgan fingerprint density at radius 1 is 1.41 bits per heavy atom. The molecule has 0 heterocycles. The van der Waals surface area contributed by atoms with Gasteiger partial charge in [-0.3, -0.25) is 9.69 Å². The monoisotopic (exact) mass is 236 g/mol. The second kappa shape index (κ2) is 7.04. The Balaban J connectivity index is 2.62. The van der Waals surface area contributed by atoms with E-state index < -0.39 is 5.97 Å². The molecule has 0 aliphatic carbocycles. The molecular weight excluding hydrogens is 216 g/mol. The third-order valence-corrected chi connectivity index (χ3v) is 2.74. The first-order valence-electron chi connectivity index (χ1n) is 5.83. The molecule has 0 aliphatic rings. The smallest absolute Gasteiger partial charge is 0.304 e. The minimum Gasteiger partial charge on any atom is -0.481 e. The molecule has 1 rings (SSSR count). The molecule has 0 spiro atoms. The van der Waals surface area contributed by atoms with E-state index >= 15 is 0 Å². The van der Waals surface area contributed by atoms with Gasteiger partial charge in [-0.05, 0) is 12.5 Å². The summed E-state index contributed by atoms with van der Waals surface area (Å²) in [6, 6.07) is 10.0. The van der Waals surface area contributed by atoms with Crippen molar-refractivity contribution in [3.63, 3.8) is 0 Å². The summed E-state index contributed by atoms with van der Waals surface area (Å²) < 4.78 is 0. The number of nitrogens with two attached hydrogens (primary N) is 1. The van der Waals surface area contributed by atoms with Crippen LogP contribution in [-0.4, -0.2) is 35.1 Å². The van der Waals surface area contributed by atoms with Crippen LogP contribution in [0.3, 0.4) is 0 Å². The molecule has 4 nitrogen and oxygen atoms in total. The summed E-state index contributed by atoms with van der Waals surface area (Å²) in [5.74, 6) is -0.771. The molecule has 1 aromatic carbocycles. The molecule has 0 saturated carbocycles. The maximum absolute atomic E-state index is 10.7. The number of rotatable bonds is 7. The number of carboxylic acids is 1. The van der Waals surface area contributed by atoms with Gasteiger partial charge in [0.2, 0.25) is 0 Å². The van der Waals surface area contributed by atoms with Gasteiger partial charge in [0.25, 0.3) is 0 Å². The lowest BCUT2D eigenvalue weighted by Gasteiger charge is -2.27. The highest BCUT2D eigenvalue weighted by Gasteiger charge is 2.16. The molecule has 0 fully saturated rings. The normalized spacial score (nSPS) is 12.6. The van der Waals surface area contributed by atoms with Gasteiger partial charge in [0.05, 0.1) is 6.42 Å². The van der Waals surface area contributed by atoms with Crippen molar-refractivity contribution in [3.8, 4) is 0 Å². The molecule has 0 aromatic heterocycles. The maximum Gasteiger partial charge on any atom is 0.304 e. The fraction of sp³-hybridized carbons (Fsp3) is 0.462. The van der Waals surface area contributed by atoms with Crippen LogP contribution in [0.25, 0.3) is 0 Å². The maximum atomic E-state index is 10.7. The number of aliphatic carboxylic acids is 1. The average molecular weight is 236 g/mol. The molecule has 0 radical (unpaired) electrons. The Morgan fingerprint density at radius 2 is 2.06 bits per heavy atom. The Kier molecular flexibility index (Phi) is 5.66. The number of carbonyl (C=O) groups is 1. The molecule has 17 heavy (non-hydrogen) atoms. The number of carboxylic acid groups (broad SMARTS) is 1. The van der Waals surface area contributed by atoms with Crippen LogP contribution in [0.5, 0.6) is 0 Å². The van der Waals surface area contributed by atoms with Gasteiger partial charge in [-0.1, -0.05) is 30.3 Å². The molecule has 1 unspecified atom stereocenters. The first-order chi connectivity index (χ1) is 8.13. The zero-order valence-electron chi connectivity index (χ0n) is 10.2. The van der Waals surface area contributed by atoms with Crippen LogP contribution >= 0.6 is 0 Å². The van der Waals surface area contributed by atoms with E-state index in [1.165, 1.54) is 5.56 Å². The van der Waals surface area contributed by atoms with Crippen LogP contribution in [0.15, 0.2) is 30.3 Å². The van der Waals surface area contributed by atoms with Gasteiger partial charge in [-0.2, -0.15) is 0 Å². The van der Waals surface area contributed by atoms with Gasteiger partial charge in [0, 0.05) is 25.7 Å². The van der Waals surface area contributed by atoms with Gasteiger partial charge >= 0.3 is 5.97 Å². The van der Waals surface area contributed by atoms with Crippen molar-refractivity contribution in [2.24, 2.45) is 5.73 Å². The summed E-state index contributed by atoms with van der Waals surface area (Å²) in [6.07, 6.45) is 0.146. The lowest BCUT2D eigenvalue weighted by Crippen LogP contribution is -2.37. The topological polar surface area (TPSA) is 66.6 Å². The van der Waals surface area contributed by atoms with E-state index in [1.54, 1.807) is 0 Å². The van der Waals surface area contributed by atoms with Crippen LogP contribution in [0.4, 0.5) is 0 Å². The van der Waals surface area contributed by atoms with Crippen molar-refractivity contribution in [1.82, 2.24) is 4.90 Å². The summed E-state index contributed by atoms with van der Waals surface area (Å²) in [5.41, 5.74) is 6.74. The van der Waals surface area contributed by atoms with E-state index in [2.05, 4.69) is 4.90 Å². The summed E-state index contributed by atoms with van der Waals surface area (Å²) in [5, 5.41) is 8.81. The molecular formula is C13H20N2O2. The van der Waals surface area contributed by atoms with E-state index in [0.717, 1.165) is 6.54 Å². The molecule has 1 atom stereocenters. The van der Waals surface area contributed by atoms with Gasteiger partial charge in [-0.15, -0.1) is 0 Å². The van der Waals surface area contributed by atoms with Crippen molar-refractivity contribution in [2.45, 2.75) is 25.9 Å². The SMILES string of the molecule is CC(CC(=O)O)N(CCN)Cc1ccccc1. The van der Waals surface area contributed by atoms with Gasteiger partial charge in [-0.25, -0.2) is 0 Å². The van der Waals surface area contributed by atoms with E-state index in [0.29, 0.717) is 13.1 Å². The largest absolute Gasteiger partial charge is 0.481 e. The van der Waals surface area contributed by atoms with E-state index in [1.807, 2.05) is 37.3 Å². The minimum atomic E-state index is -0.771. The second-order valence-corrected chi connectivity index (χ2v) is 4.19. The minimum absolute atomic E-state index is 0.00347. The lowest BCUT2D eigenvalue weighted by molar-refractivity contribution is -0.138. The van der Waals surface area contributed by atoms with Gasteiger partial charge in [0.1, 0.15) is 0 Å². The van der Waals surface area contributed by atoms with Crippen molar-refractivity contribution in [1.29, 1.82) is 0 Å². The molecule has 0 saturated heterocycles. The number of nitrogens with zero attached hydrogens (tertiary/aromatic N) is 1. The zero-order chi connectivity index (χ0) is 12.7. The number of benzene rings is 1. The van der Waals surface area contributed by atoms with Crippen LogP contribution in [0, 0.1) is 0 Å². The van der Waals surface area contributed by atoms with Crippen LogP contribution in [0.2, 0.25) is 0 Å². The van der Waals surface area contributed by atoms with Crippen LogP contribution in [-0.2, 0) is 11.3 Å². The first kappa shape index (κ1) is 13.7. The zero-order valence-corrected chi connectivity index (χ0v) is 10.2. The van der Waals surface area contributed by atoms with E-state index in [-0.39, 0.29) is 12.5 Å². The molecule has 4 heteroatoms. The Bertz CT molecular complexity index is 341. The van der Waals surface area contributed by atoms with Crippen LogP contribution < -0.4 is 5.73 Å². The highest BCUT2D eigenvalue weighted by atomic mass is 16.4. The standard InChI is InChI=1S/C13H20N2O2/c1-11(9-13(16)17)15(8-7-14)10-12-5-3-2-4-6-12/h2-6,11H,7-10,14H2,1H3,(H,16,17). The predicted octanol–water partition coefficient (Wildman–Crippen LogP) is 1.31. The highest BCUT2D eigenvalue weighted by molar-refractivity contribution is 5.67. The Morgan fingerprint density at radius 3 is 2.59 bits per heavy atom. The number of hydrogen-bond donors (Lipinski definition) is 2. The third kappa shape index (κ3) is 4.97. The third-order valence-electron chi connectivity index (χ3n) is 2.74. The molecule has 94 valence electrons. The predicted molar refractivity (Wildman–Crippen MR) is 67.6 cm³/mol. The lowest BCUT2D eigenvalue weighted by atomic mass is 10.1. The fourth-order valence-electron chi connectivity index (χ4n) is 1.82. The quantitative estimate of drug-likeness (QED) is 0.749. The first-order valence-corrected chi connectivity index (χ1v) is 5.83. The Hall–Kier alpha value is -1.39. The summed E-state index contributed by atoms with van der Waals surface area (Å²) in [4.78, 5) is 12.8. The van der Waals surface area contributed by atoms with Crippen molar-refractivity contribution >= 4 is 5.97 Å². The summed E-state index contributed by atoms with van der Waals surface area (Å²) >= 11 is 0. The molecule has 3 N–H and O–H groups in total. The van der Waals surface area contributed by atoms with Gasteiger partial charge < -0.3 is 10.8 Å². The Labute approximate surface area is 102 Å². The second-order valence-electron chi connectivity index (χ2n) is 4.19. The van der Waals surface area contributed by atoms with Gasteiger partial charge in [0.15, 0.2) is 0 Å². The van der Waals surface area contributed by atoms with Crippen molar-refractivity contribution in [3.05, 3.63) is 35.9 Å². The van der Waals surface area contributed by atoms with Crippen molar-refractivity contribution in [2.75, 3.05) is 13.1 Å². The highest BCUT2D eigenvalue weighted by Crippen LogP contribution is 2.10. The van der Waals surface area contributed by atoms with Crippen LogP contribution in [0.1, 0.15) is 18.9 Å². The summed E-state index contributed by atoms with van der Waals surface area (Å²) in [7, 11) is 0. The average Bonchev–Trinajstić information content (AvgIpc) is 2.29. The molecule has 1 aromatic rings. The van der Waals surface area contributed by atoms with E-state index in [9.17, 15) is 4.79 Å². The fourth-order valence-corrected chi connectivity index (χ4v) is 1.82.